The maximum atomic E-state index is 11.2. The number of hydrogen-bond donors (Lipinski definition) is 3. The van der Waals surface area contributed by atoms with Gasteiger partial charge in [0.2, 0.25) is 5.91 Å². The Morgan fingerprint density at radius 1 is 1.50 bits per heavy atom. The molecule has 0 aromatic carbocycles. The first-order valence-electron chi connectivity index (χ1n) is 6.23. The maximum absolute atomic E-state index is 11.2. The predicted molar refractivity (Wildman–Crippen MR) is 65.0 cm³/mol. The molecule has 0 bridgehead atoms. The van der Waals surface area contributed by atoms with E-state index in [4.69, 9.17) is 9.47 Å². The van der Waals surface area contributed by atoms with Crippen LogP contribution in [0.5, 0.6) is 0 Å². The average molecular weight is 261 g/mol. The Kier molecular flexibility index (Phi) is 5.52. The van der Waals surface area contributed by atoms with Crippen LogP contribution in [-0.2, 0) is 14.3 Å². The largest absolute Gasteiger partial charge is 0.394 e. The zero-order valence-corrected chi connectivity index (χ0v) is 11.3. The second kappa shape index (κ2) is 6.47. The molecule has 0 aromatic heterocycles. The highest BCUT2D eigenvalue weighted by Gasteiger charge is 2.44. The number of amides is 1. The molecular formula is C12H23NO5. The molecule has 18 heavy (non-hydrogen) atoms. The van der Waals surface area contributed by atoms with Gasteiger partial charge in [0, 0.05) is 6.92 Å². The van der Waals surface area contributed by atoms with Gasteiger partial charge in [-0.2, -0.15) is 0 Å². The molecular weight excluding hydrogens is 238 g/mol. The van der Waals surface area contributed by atoms with Gasteiger partial charge in [0.05, 0.1) is 24.9 Å². The SMILES string of the molecule is CC(=O)NC1C(C)OC(CO)[C@H](O)[C@@H]1OC(C)C. The molecule has 0 spiro atoms. The minimum Gasteiger partial charge on any atom is -0.394 e. The minimum atomic E-state index is -0.967. The Hall–Kier alpha value is -0.690. The monoisotopic (exact) mass is 261 g/mol. The first-order chi connectivity index (χ1) is 8.36. The quantitative estimate of drug-likeness (QED) is 0.630. The lowest BCUT2D eigenvalue weighted by atomic mass is 9.93. The lowest BCUT2D eigenvalue weighted by Gasteiger charge is -2.44. The first-order valence-corrected chi connectivity index (χ1v) is 6.23. The summed E-state index contributed by atoms with van der Waals surface area (Å²) >= 11 is 0. The van der Waals surface area contributed by atoms with Gasteiger partial charge in [0.1, 0.15) is 18.3 Å². The van der Waals surface area contributed by atoms with Gasteiger partial charge in [-0.15, -0.1) is 0 Å². The Labute approximate surface area is 107 Å². The van der Waals surface area contributed by atoms with Crippen LogP contribution < -0.4 is 5.32 Å². The molecule has 0 aromatic rings. The van der Waals surface area contributed by atoms with Gasteiger partial charge in [0.15, 0.2) is 0 Å². The molecule has 0 aliphatic carbocycles. The van der Waals surface area contributed by atoms with Gasteiger partial charge in [0.25, 0.3) is 0 Å². The molecule has 0 saturated carbocycles. The summed E-state index contributed by atoms with van der Waals surface area (Å²) in [6, 6.07) is -0.428. The summed E-state index contributed by atoms with van der Waals surface area (Å²) in [6.45, 7) is 6.61. The van der Waals surface area contributed by atoms with E-state index in [0.717, 1.165) is 0 Å². The average Bonchev–Trinajstić information content (AvgIpc) is 2.27. The molecule has 1 rings (SSSR count). The summed E-state index contributed by atoms with van der Waals surface area (Å²) in [7, 11) is 0. The van der Waals surface area contributed by atoms with Gasteiger partial charge >= 0.3 is 0 Å². The molecule has 1 aliphatic heterocycles. The zero-order valence-electron chi connectivity index (χ0n) is 11.3. The van der Waals surface area contributed by atoms with Crippen molar-refractivity contribution in [3.8, 4) is 0 Å². The van der Waals surface area contributed by atoms with Gasteiger partial charge in [-0.1, -0.05) is 0 Å². The summed E-state index contributed by atoms with van der Waals surface area (Å²) in [5.41, 5.74) is 0. The van der Waals surface area contributed by atoms with Crippen molar-refractivity contribution in [3.63, 3.8) is 0 Å². The highest BCUT2D eigenvalue weighted by Crippen LogP contribution is 2.24. The highest BCUT2D eigenvalue weighted by molar-refractivity contribution is 5.73. The van der Waals surface area contributed by atoms with Crippen molar-refractivity contribution in [1.29, 1.82) is 0 Å². The van der Waals surface area contributed by atoms with Crippen LogP contribution in [0, 0.1) is 0 Å². The Morgan fingerprint density at radius 3 is 2.56 bits per heavy atom. The molecule has 1 amide bonds. The van der Waals surface area contributed by atoms with E-state index in [9.17, 15) is 15.0 Å². The molecule has 3 unspecified atom stereocenters. The van der Waals surface area contributed by atoms with Crippen LogP contribution in [0.2, 0.25) is 0 Å². The van der Waals surface area contributed by atoms with Crippen LogP contribution in [0.3, 0.4) is 0 Å². The topological polar surface area (TPSA) is 88.0 Å². The second-order valence-electron chi connectivity index (χ2n) is 4.93. The molecule has 6 nitrogen and oxygen atoms in total. The fourth-order valence-electron chi connectivity index (χ4n) is 2.20. The van der Waals surface area contributed by atoms with E-state index in [1.165, 1.54) is 6.92 Å². The van der Waals surface area contributed by atoms with E-state index in [1.54, 1.807) is 6.92 Å². The molecule has 3 N–H and O–H groups in total. The number of aliphatic hydroxyl groups excluding tert-OH is 2. The number of hydrogen-bond acceptors (Lipinski definition) is 5. The van der Waals surface area contributed by atoms with E-state index < -0.39 is 24.4 Å². The lowest BCUT2D eigenvalue weighted by Crippen LogP contribution is -2.64. The van der Waals surface area contributed by atoms with Crippen molar-refractivity contribution in [2.75, 3.05) is 6.61 Å². The van der Waals surface area contributed by atoms with Crippen LogP contribution in [0.4, 0.5) is 0 Å². The molecule has 106 valence electrons. The highest BCUT2D eigenvalue weighted by atomic mass is 16.6. The van der Waals surface area contributed by atoms with Gasteiger partial charge in [-0.25, -0.2) is 0 Å². The summed E-state index contributed by atoms with van der Waals surface area (Å²) in [5, 5.41) is 22.0. The molecule has 1 fully saturated rings. The third-order valence-corrected chi connectivity index (χ3v) is 2.95. The van der Waals surface area contributed by atoms with Crippen molar-refractivity contribution in [3.05, 3.63) is 0 Å². The molecule has 1 heterocycles. The van der Waals surface area contributed by atoms with Crippen molar-refractivity contribution in [1.82, 2.24) is 5.32 Å². The summed E-state index contributed by atoms with van der Waals surface area (Å²) < 4.78 is 11.1. The van der Waals surface area contributed by atoms with E-state index in [-0.39, 0.29) is 24.7 Å². The van der Waals surface area contributed by atoms with Crippen LogP contribution in [-0.4, -0.2) is 59.3 Å². The van der Waals surface area contributed by atoms with E-state index >= 15 is 0 Å². The van der Waals surface area contributed by atoms with E-state index in [0.29, 0.717) is 0 Å². The van der Waals surface area contributed by atoms with Gasteiger partial charge in [-0.3, -0.25) is 4.79 Å². The standard InChI is InChI=1S/C12H23NO5/c1-6(2)17-12-10(13-8(4)15)7(3)18-9(5-14)11(12)16/h6-7,9-12,14,16H,5H2,1-4H3,(H,13,15)/t7?,9?,10?,11-,12+/m0/s1. The van der Waals surface area contributed by atoms with Crippen molar-refractivity contribution in [2.45, 2.75) is 64.3 Å². The van der Waals surface area contributed by atoms with Crippen LogP contribution in [0.1, 0.15) is 27.7 Å². The van der Waals surface area contributed by atoms with E-state index in [2.05, 4.69) is 5.32 Å². The molecule has 6 heteroatoms. The number of aliphatic hydroxyl groups is 2. The van der Waals surface area contributed by atoms with Gasteiger partial charge < -0.3 is 25.0 Å². The van der Waals surface area contributed by atoms with Crippen molar-refractivity contribution in [2.24, 2.45) is 0 Å². The fourth-order valence-corrected chi connectivity index (χ4v) is 2.20. The van der Waals surface area contributed by atoms with Crippen LogP contribution >= 0.6 is 0 Å². The first kappa shape index (κ1) is 15.4. The minimum absolute atomic E-state index is 0.0921. The summed E-state index contributed by atoms with van der Waals surface area (Å²) in [6.07, 6.45) is -2.67. The number of carbonyl (C=O) groups excluding carboxylic acids is 1. The lowest BCUT2D eigenvalue weighted by molar-refractivity contribution is -0.211. The third kappa shape index (κ3) is 3.65. The zero-order chi connectivity index (χ0) is 13.9. The smallest absolute Gasteiger partial charge is 0.217 e. The van der Waals surface area contributed by atoms with E-state index in [1.807, 2.05) is 13.8 Å². The number of ether oxygens (including phenoxy) is 2. The Balaban J connectivity index is 2.86. The number of carbonyl (C=O) groups is 1. The number of nitrogens with one attached hydrogen (secondary N) is 1. The predicted octanol–water partition coefficient (Wildman–Crippen LogP) is -0.575. The van der Waals surface area contributed by atoms with Crippen molar-refractivity contribution >= 4 is 5.91 Å². The second-order valence-corrected chi connectivity index (χ2v) is 4.93. The fraction of sp³-hybridized carbons (Fsp3) is 0.917. The van der Waals surface area contributed by atoms with Crippen LogP contribution in [0.15, 0.2) is 0 Å². The van der Waals surface area contributed by atoms with Crippen LogP contribution in [0.25, 0.3) is 0 Å². The summed E-state index contributed by atoms with van der Waals surface area (Å²) in [5.74, 6) is -0.206. The molecule has 5 atom stereocenters. The normalized spacial score (nSPS) is 36.7. The molecule has 1 aliphatic rings. The maximum Gasteiger partial charge on any atom is 0.217 e. The Morgan fingerprint density at radius 2 is 2.11 bits per heavy atom. The molecule has 1 saturated heterocycles. The van der Waals surface area contributed by atoms with Crippen molar-refractivity contribution < 1.29 is 24.5 Å². The summed E-state index contributed by atoms with van der Waals surface area (Å²) in [4.78, 5) is 11.2. The Bertz CT molecular complexity index is 284. The van der Waals surface area contributed by atoms with Gasteiger partial charge in [-0.05, 0) is 20.8 Å². The number of rotatable bonds is 4. The third-order valence-electron chi connectivity index (χ3n) is 2.95. The molecule has 0 radical (unpaired) electrons.